The second-order valence-corrected chi connectivity index (χ2v) is 3.99. The van der Waals surface area contributed by atoms with Gasteiger partial charge in [-0.3, -0.25) is 4.79 Å². The Hall–Kier alpha value is -1.10. The molecule has 0 aliphatic heterocycles. The maximum Gasteiger partial charge on any atom is 0.328 e. The molecule has 0 aromatic carbocycles. The minimum atomic E-state index is -0.652. The quantitative estimate of drug-likeness (QED) is 0.636. The van der Waals surface area contributed by atoms with Crippen LogP contribution >= 0.6 is 0 Å². The Morgan fingerprint density at radius 1 is 1.33 bits per heavy atom. The lowest BCUT2D eigenvalue weighted by Gasteiger charge is -2.17. The van der Waals surface area contributed by atoms with Gasteiger partial charge in [0.1, 0.15) is 6.04 Å². The number of hydrogen-bond donors (Lipinski definition) is 2. The summed E-state index contributed by atoms with van der Waals surface area (Å²) in [7, 11) is 1.28. The molecular weight excluding hydrogens is 196 g/mol. The third kappa shape index (κ3) is 5.37. The van der Waals surface area contributed by atoms with E-state index in [1.807, 2.05) is 13.8 Å². The fraction of sp³-hybridized carbons (Fsp3) is 0.800. The van der Waals surface area contributed by atoms with Crippen LogP contribution in [0.3, 0.4) is 0 Å². The zero-order valence-corrected chi connectivity index (χ0v) is 9.74. The predicted molar refractivity (Wildman–Crippen MR) is 57.1 cm³/mol. The number of nitrogens with one attached hydrogen (secondary N) is 1. The Kier molecular flexibility index (Phi) is 5.93. The van der Waals surface area contributed by atoms with Crippen LogP contribution < -0.4 is 11.1 Å². The minimum Gasteiger partial charge on any atom is -0.467 e. The number of rotatable bonds is 5. The van der Waals surface area contributed by atoms with E-state index in [0.717, 1.165) is 0 Å². The van der Waals surface area contributed by atoms with Gasteiger partial charge in [-0.1, -0.05) is 13.8 Å². The van der Waals surface area contributed by atoms with E-state index in [9.17, 15) is 9.59 Å². The molecule has 3 N–H and O–H groups in total. The molecule has 0 fully saturated rings. The van der Waals surface area contributed by atoms with Crippen LogP contribution in [0.15, 0.2) is 0 Å². The molecule has 1 amide bonds. The van der Waals surface area contributed by atoms with Crippen molar-refractivity contribution in [3.05, 3.63) is 0 Å². The second-order valence-electron chi connectivity index (χ2n) is 3.99. The van der Waals surface area contributed by atoms with E-state index < -0.39 is 18.1 Å². The molecular formula is C10H20N2O3. The Morgan fingerprint density at radius 3 is 2.27 bits per heavy atom. The summed E-state index contributed by atoms with van der Waals surface area (Å²) >= 11 is 0. The summed E-state index contributed by atoms with van der Waals surface area (Å²) in [6, 6.07) is -1.22. The van der Waals surface area contributed by atoms with Gasteiger partial charge >= 0.3 is 5.97 Å². The molecule has 0 saturated heterocycles. The lowest BCUT2D eigenvalue weighted by Crippen LogP contribution is -2.47. The van der Waals surface area contributed by atoms with Gasteiger partial charge in [0.15, 0.2) is 0 Å². The first kappa shape index (κ1) is 13.9. The molecule has 88 valence electrons. The largest absolute Gasteiger partial charge is 0.467 e. The standard InChI is InChI=1S/C10H20N2O3/c1-6(2)5-8(11)9(13)12-7(3)10(14)15-4/h6-8H,5,11H2,1-4H3,(H,12,13)/t7-,8?/m0/s1. The highest BCUT2D eigenvalue weighted by Gasteiger charge is 2.20. The van der Waals surface area contributed by atoms with E-state index in [0.29, 0.717) is 12.3 Å². The molecule has 0 aliphatic rings. The van der Waals surface area contributed by atoms with Gasteiger partial charge in [-0.15, -0.1) is 0 Å². The summed E-state index contributed by atoms with van der Waals surface area (Å²) in [5.74, 6) is -0.444. The molecule has 5 heteroatoms. The maximum absolute atomic E-state index is 11.5. The molecule has 0 radical (unpaired) electrons. The van der Waals surface area contributed by atoms with Crippen LogP contribution in [0.4, 0.5) is 0 Å². The predicted octanol–water partition coefficient (Wildman–Crippen LogP) is 0.0375. The van der Waals surface area contributed by atoms with E-state index in [2.05, 4.69) is 10.1 Å². The molecule has 0 rings (SSSR count). The number of amides is 1. The molecule has 2 atom stereocenters. The second kappa shape index (κ2) is 6.40. The van der Waals surface area contributed by atoms with Gasteiger partial charge < -0.3 is 15.8 Å². The van der Waals surface area contributed by atoms with Crippen LogP contribution in [0.2, 0.25) is 0 Å². The van der Waals surface area contributed by atoms with Crippen molar-refractivity contribution >= 4 is 11.9 Å². The number of hydrogen-bond acceptors (Lipinski definition) is 4. The van der Waals surface area contributed by atoms with E-state index in [4.69, 9.17) is 5.73 Å². The van der Waals surface area contributed by atoms with Crippen LogP contribution in [0.25, 0.3) is 0 Å². The fourth-order valence-electron chi connectivity index (χ4n) is 1.17. The van der Waals surface area contributed by atoms with Crippen molar-refractivity contribution in [1.82, 2.24) is 5.32 Å². The van der Waals surface area contributed by atoms with Gasteiger partial charge in [0.05, 0.1) is 13.2 Å². The minimum absolute atomic E-state index is 0.318. The normalized spacial score (nSPS) is 14.5. The van der Waals surface area contributed by atoms with E-state index in [-0.39, 0.29) is 5.91 Å². The maximum atomic E-state index is 11.5. The van der Waals surface area contributed by atoms with Crippen LogP contribution in [0.5, 0.6) is 0 Å². The van der Waals surface area contributed by atoms with Crippen molar-refractivity contribution in [1.29, 1.82) is 0 Å². The Bertz CT molecular complexity index is 229. The number of ether oxygens (including phenoxy) is 1. The first-order valence-electron chi connectivity index (χ1n) is 5.02. The summed E-state index contributed by atoms with van der Waals surface area (Å²) in [6.45, 7) is 5.53. The average molecular weight is 216 g/mol. The molecule has 0 spiro atoms. The highest BCUT2D eigenvalue weighted by Crippen LogP contribution is 2.02. The van der Waals surface area contributed by atoms with Crippen molar-refractivity contribution in [3.8, 4) is 0 Å². The van der Waals surface area contributed by atoms with Gasteiger partial charge in [0.2, 0.25) is 5.91 Å². The van der Waals surface area contributed by atoms with Crippen LogP contribution in [0.1, 0.15) is 27.2 Å². The summed E-state index contributed by atoms with van der Waals surface area (Å²) in [5.41, 5.74) is 5.64. The monoisotopic (exact) mass is 216 g/mol. The fourth-order valence-corrected chi connectivity index (χ4v) is 1.17. The molecule has 0 aliphatic carbocycles. The third-order valence-electron chi connectivity index (χ3n) is 1.98. The lowest BCUT2D eigenvalue weighted by atomic mass is 10.0. The van der Waals surface area contributed by atoms with Gasteiger partial charge in [0.25, 0.3) is 0 Å². The molecule has 0 bridgehead atoms. The first-order chi connectivity index (χ1) is 6.88. The van der Waals surface area contributed by atoms with Gasteiger partial charge in [-0.25, -0.2) is 4.79 Å². The van der Waals surface area contributed by atoms with Crippen molar-refractivity contribution in [3.63, 3.8) is 0 Å². The van der Waals surface area contributed by atoms with Crippen molar-refractivity contribution < 1.29 is 14.3 Å². The van der Waals surface area contributed by atoms with Gasteiger partial charge in [0, 0.05) is 0 Å². The topological polar surface area (TPSA) is 81.4 Å². The zero-order chi connectivity index (χ0) is 12.0. The third-order valence-corrected chi connectivity index (χ3v) is 1.98. The molecule has 0 saturated carbocycles. The number of esters is 1. The van der Waals surface area contributed by atoms with E-state index in [1.165, 1.54) is 7.11 Å². The molecule has 15 heavy (non-hydrogen) atoms. The van der Waals surface area contributed by atoms with Crippen molar-refractivity contribution in [2.24, 2.45) is 11.7 Å². The SMILES string of the molecule is COC(=O)[C@H](C)NC(=O)C(N)CC(C)C. The van der Waals surface area contributed by atoms with Crippen LogP contribution in [-0.4, -0.2) is 31.1 Å². The Labute approximate surface area is 90.4 Å². The Morgan fingerprint density at radius 2 is 1.87 bits per heavy atom. The molecule has 0 aromatic heterocycles. The number of carbonyl (C=O) groups excluding carboxylic acids is 2. The summed E-state index contributed by atoms with van der Waals surface area (Å²) in [6.07, 6.45) is 0.597. The van der Waals surface area contributed by atoms with Crippen LogP contribution in [-0.2, 0) is 14.3 Å². The van der Waals surface area contributed by atoms with Crippen LogP contribution in [0, 0.1) is 5.92 Å². The molecule has 1 unspecified atom stereocenters. The number of methoxy groups -OCH3 is 1. The lowest BCUT2D eigenvalue weighted by molar-refractivity contribution is -0.144. The van der Waals surface area contributed by atoms with Crippen molar-refractivity contribution in [2.75, 3.05) is 7.11 Å². The van der Waals surface area contributed by atoms with Gasteiger partial charge in [-0.05, 0) is 19.3 Å². The zero-order valence-electron chi connectivity index (χ0n) is 9.74. The smallest absolute Gasteiger partial charge is 0.328 e. The average Bonchev–Trinajstić information content (AvgIpc) is 2.15. The molecule has 0 aromatic rings. The number of carbonyl (C=O) groups is 2. The van der Waals surface area contributed by atoms with Gasteiger partial charge in [-0.2, -0.15) is 0 Å². The molecule has 5 nitrogen and oxygen atoms in total. The Balaban J connectivity index is 4.07. The van der Waals surface area contributed by atoms with E-state index >= 15 is 0 Å². The molecule has 0 heterocycles. The summed E-state index contributed by atoms with van der Waals surface area (Å²) in [4.78, 5) is 22.5. The first-order valence-corrected chi connectivity index (χ1v) is 5.02. The highest BCUT2D eigenvalue weighted by molar-refractivity contribution is 5.87. The summed E-state index contributed by atoms with van der Waals surface area (Å²) < 4.78 is 4.48. The number of nitrogens with two attached hydrogens (primary N) is 1. The van der Waals surface area contributed by atoms with E-state index in [1.54, 1.807) is 6.92 Å². The summed E-state index contributed by atoms with van der Waals surface area (Å²) in [5, 5.41) is 2.50. The van der Waals surface area contributed by atoms with Crippen molar-refractivity contribution in [2.45, 2.75) is 39.3 Å². The highest BCUT2D eigenvalue weighted by atomic mass is 16.5.